The molecule has 3 rings (SSSR count). The van der Waals surface area contributed by atoms with E-state index >= 15 is 0 Å². The second-order valence-corrected chi connectivity index (χ2v) is 4.65. The van der Waals surface area contributed by atoms with Gasteiger partial charge in [0.15, 0.2) is 0 Å². The van der Waals surface area contributed by atoms with Crippen LogP contribution in [0.2, 0.25) is 0 Å². The monoisotopic (exact) mass is 247 g/mol. The minimum absolute atomic E-state index is 0.249. The highest BCUT2D eigenvalue weighted by atomic mass is 16.6. The standard InChI is InChI=1S/C13H13NO4/c1-17-7-13(8-18-13)6-14-11(15)9-4-2-3-5-10(9)12(14)16/h2-5H,6-8H2,1H3. The number of imide groups is 1. The summed E-state index contributed by atoms with van der Waals surface area (Å²) in [5.74, 6) is -0.497. The van der Waals surface area contributed by atoms with Gasteiger partial charge in [0.25, 0.3) is 11.8 Å². The summed E-state index contributed by atoms with van der Waals surface area (Å²) in [7, 11) is 1.58. The first-order valence-electron chi connectivity index (χ1n) is 5.75. The second kappa shape index (κ2) is 3.90. The topological polar surface area (TPSA) is 59.1 Å². The lowest BCUT2D eigenvalue weighted by molar-refractivity contribution is 0.0534. The van der Waals surface area contributed by atoms with Crippen molar-refractivity contribution in [3.63, 3.8) is 0 Å². The molecule has 1 saturated heterocycles. The molecule has 1 atom stereocenters. The zero-order valence-electron chi connectivity index (χ0n) is 10.0. The lowest BCUT2D eigenvalue weighted by Crippen LogP contribution is -2.40. The highest BCUT2D eigenvalue weighted by molar-refractivity contribution is 6.21. The van der Waals surface area contributed by atoms with Crippen molar-refractivity contribution in [2.24, 2.45) is 0 Å². The molecule has 1 fully saturated rings. The van der Waals surface area contributed by atoms with Gasteiger partial charge in [-0.2, -0.15) is 0 Å². The first kappa shape index (κ1) is 11.4. The molecule has 0 bridgehead atoms. The van der Waals surface area contributed by atoms with Gasteiger partial charge < -0.3 is 9.47 Å². The first-order chi connectivity index (χ1) is 8.67. The van der Waals surface area contributed by atoms with E-state index in [1.54, 1.807) is 31.4 Å². The van der Waals surface area contributed by atoms with E-state index in [4.69, 9.17) is 9.47 Å². The number of amides is 2. The molecule has 2 amide bonds. The fraction of sp³-hybridized carbons (Fsp3) is 0.385. The Balaban J connectivity index is 1.84. The summed E-state index contributed by atoms with van der Waals surface area (Å²) in [5.41, 5.74) is 0.439. The van der Waals surface area contributed by atoms with Gasteiger partial charge in [-0.05, 0) is 12.1 Å². The number of benzene rings is 1. The fourth-order valence-corrected chi connectivity index (χ4v) is 2.26. The van der Waals surface area contributed by atoms with Gasteiger partial charge in [0.1, 0.15) is 5.60 Å². The van der Waals surface area contributed by atoms with E-state index in [1.807, 2.05) is 0 Å². The predicted octanol–water partition coefficient (Wildman–Crippen LogP) is 0.698. The van der Waals surface area contributed by atoms with Crippen molar-refractivity contribution in [2.75, 3.05) is 26.9 Å². The Hall–Kier alpha value is -1.72. The molecule has 1 unspecified atom stereocenters. The maximum atomic E-state index is 12.1. The van der Waals surface area contributed by atoms with E-state index in [0.29, 0.717) is 24.3 Å². The van der Waals surface area contributed by atoms with E-state index in [-0.39, 0.29) is 18.4 Å². The number of epoxide rings is 1. The molecule has 5 nitrogen and oxygen atoms in total. The number of hydrogen-bond acceptors (Lipinski definition) is 4. The van der Waals surface area contributed by atoms with Crippen LogP contribution in [0.1, 0.15) is 20.7 Å². The summed E-state index contributed by atoms with van der Waals surface area (Å²) in [6.07, 6.45) is 0. The molecule has 0 spiro atoms. The zero-order chi connectivity index (χ0) is 12.8. The third kappa shape index (κ3) is 1.63. The lowest BCUT2D eigenvalue weighted by atomic mass is 10.1. The molecule has 2 aliphatic heterocycles. The van der Waals surface area contributed by atoms with E-state index in [1.165, 1.54) is 4.90 Å². The van der Waals surface area contributed by atoms with Crippen molar-refractivity contribution < 1.29 is 19.1 Å². The molecule has 1 aromatic carbocycles. The van der Waals surface area contributed by atoms with Crippen LogP contribution in [0, 0.1) is 0 Å². The molecule has 0 aliphatic carbocycles. The lowest BCUT2D eigenvalue weighted by Gasteiger charge is -2.18. The van der Waals surface area contributed by atoms with Crippen molar-refractivity contribution >= 4 is 11.8 Å². The minimum atomic E-state index is -0.498. The molecule has 5 heteroatoms. The Morgan fingerprint density at radius 3 is 2.28 bits per heavy atom. The van der Waals surface area contributed by atoms with Crippen molar-refractivity contribution in [1.29, 1.82) is 0 Å². The average Bonchev–Trinajstić information content (AvgIpc) is 3.10. The van der Waals surface area contributed by atoms with Crippen molar-refractivity contribution in [1.82, 2.24) is 4.90 Å². The number of fused-ring (bicyclic) bond motifs is 1. The Bertz CT molecular complexity index is 486. The number of carbonyl (C=O) groups is 2. The molecular weight excluding hydrogens is 234 g/mol. The highest BCUT2D eigenvalue weighted by Gasteiger charge is 2.50. The molecule has 0 saturated carbocycles. The predicted molar refractivity (Wildman–Crippen MR) is 62.4 cm³/mol. The van der Waals surface area contributed by atoms with Crippen molar-refractivity contribution in [2.45, 2.75) is 5.60 Å². The molecule has 1 aromatic rings. The van der Waals surface area contributed by atoms with Gasteiger partial charge in [0.05, 0.1) is 30.9 Å². The summed E-state index contributed by atoms with van der Waals surface area (Å²) in [6.45, 7) is 1.17. The van der Waals surface area contributed by atoms with Crippen LogP contribution < -0.4 is 0 Å². The normalized spacial score (nSPS) is 25.5. The molecule has 0 radical (unpaired) electrons. The van der Waals surface area contributed by atoms with Crippen LogP contribution in [0.3, 0.4) is 0 Å². The SMILES string of the molecule is COCC1(CN2C(=O)c3ccccc3C2=O)CO1. The number of hydrogen-bond donors (Lipinski definition) is 0. The molecular formula is C13H13NO4. The zero-order valence-corrected chi connectivity index (χ0v) is 10.0. The quantitative estimate of drug-likeness (QED) is 0.580. The molecule has 2 aliphatic rings. The Morgan fingerprint density at radius 1 is 1.28 bits per heavy atom. The van der Waals surface area contributed by atoms with Crippen LogP contribution in [-0.4, -0.2) is 49.2 Å². The van der Waals surface area contributed by atoms with Gasteiger partial charge in [-0.15, -0.1) is 0 Å². The summed E-state index contributed by atoms with van der Waals surface area (Å²) < 4.78 is 10.4. The van der Waals surface area contributed by atoms with Gasteiger partial charge >= 0.3 is 0 Å². The van der Waals surface area contributed by atoms with Crippen LogP contribution in [-0.2, 0) is 9.47 Å². The van der Waals surface area contributed by atoms with Crippen LogP contribution in [0.25, 0.3) is 0 Å². The van der Waals surface area contributed by atoms with E-state index in [9.17, 15) is 9.59 Å². The smallest absolute Gasteiger partial charge is 0.261 e. The fourth-order valence-electron chi connectivity index (χ4n) is 2.26. The Kier molecular flexibility index (Phi) is 2.46. The number of rotatable bonds is 4. The van der Waals surface area contributed by atoms with Crippen molar-refractivity contribution in [3.8, 4) is 0 Å². The third-order valence-electron chi connectivity index (χ3n) is 3.28. The van der Waals surface area contributed by atoms with Crippen LogP contribution in [0.5, 0.6) is 0 Å². The van der Waals surface area contributed by atoms with Gasteiger partial charge in [-0.3, -0.25) is 14.5 Å². The van der Waals surface area contributed by atoms with Crippen LogP contribution >= 0.6 is 0 Å². The Morgan fingerprint density at radius 2 is 1.83 bits per heavy atom. The minimum Gasteiger partial charge on any atom is -0.382 e. The summed E-state index contributed by atoms with van der Waals surface area (Å²) in [4.78, 5) is 25.5. The number of methoxy groups -OCH3 is 1. The summed E-state index contributed by atoms with van der Waals surface area (Å²) >= 11 is 0. The van der Waals surface area contributed by atoms with Gasteiger partial charge in [-0.25, -0.2) is 0 Å². The average molecular weight is 247 g/mol. The maximum Gasteiger partial charge on any atom is 0.261 e. The molecule has 94 valence electrons. The van der Waals surface area contributed by atoms with E-state index < -0.39 is 5.60 Å². The Labute approximate surface area is 104 Å². The van der Waals surface area contributed by atoms with Gasteiger partial charge in [0, 0.05) is 7.11 Å². The summed E-state index contributed by atoms with van der Waals surface area (Å²) in [5, 5.41) is 0. The van der Waals surface area contributed by atoms with Crippen LogP contribution in [0.4, 0.5) is 0 Å². The van der Waals surface area contributed by atoms with E-state index in [0.717, 1.165) is 0 Å². The van der Waals surface area contributed by atoms with Gasteiger partial charge in [-0.1, -0.05) is 12.1 Å². The first-order valence-corrected chi connectivity index (χ1v) is 5.75. The number of ether oxygens (including phenoxy) is 2. The van der Waals surface area contributed by atoms with Gasteiger partial charge in [0.2, 0.25) is 0 Å². The highest BCUT2D eigenvalue weighted by Crippen LogP contribution is 2.32. The molecule has 0 N–H and O–H groups in total. The van der Waals surface area contributed by atoms with E-state index in [2.05, 4.69) is 0 Å². The largest absolute Gasteiger partial charge is 0.382 e. The summed E-state index contributed by atoms with van der Waals surface area (Å²) in [6, 6.07) is 6.86. The van der Waals surface area contributed by atoms with Crippen molar-refractivity contribution in [3.05, 3.63) is 35.4 Å². The number of carbonyl (C=O) groups excluding carboxylic acids is 2. The second-order valence-electron chi connectivity index (χ2n) is 4.65. The molecule has 2 heterocycles. The molecule has 18 heavy (non-hydrogen) atoms. The third-order valence-corrected chi connectivity index (χ3v) is 3.28. The molecule has 0 aromatic heterocycles. The maximum absolute atomic E-state index is 12.1. The number of nitrogens with zero attached hydrogens (tertiary/aromatic N) is 1. The van der Waals surface area contributed by atoms with Crippen LogP contribution in [0.15, 0.2) is 24.3 Å².